The molecule has 0 atom stereocenters. The van der Waals surface area contributed by atoms with Crippen LogP contribution in [0.2, 0.25) is 0 Å². The molecule has 0 saturated carbocycles. The number of halogens is 3. The molecule has 1 rings (SSSR count). The van der Waals surface area contributed by atoms with Gasteiger partial charge in [0, 0.05) is 11.0 Å². The van der Waals surface area contributed by atoms with Crippen LogP contribution >= 0.6 is 15.9 Å². The molecule has 1 amide bonds. The van der Waals surface area contributed by atoms with Crippen LogP contribution in [0.15, 0.2) is 22.7 Å². The molecule has 0 heterocycles. The molecule has 7 heteroatoms. The van der Waals surface area contributed by atoms with Gasteiger partial charge in [0.2, 0.25) is 0 Å². The number of ether oxygens (including phenoxy) is 1. The van der Waals surface area contributed by atoms with E-state index in [0.717, 1.165) is 0 Å². The van der Waals surface area contributed by atoms with Crippen molar-refractivity contribution in [3.8, 4) is 5.75 Å². The molecule has 1 aromatic carbocycles. The van der Waals surface area contributed by atoms with Gasteiger partial charge in [0.05, 0.1) is 12.2 Å². The molecule has 0 bridgehead atoms. The van der Waals surface area contributed by atoms with Crippen LogP contribution in [0.25, 0.3) is 0 Å². The van der Waals surface area contributed by atoms with E-state index in [1.54, 1.807) is 6.07 Å². The molecule has 0 fully saturated rings. The number of benzene rings is 1. The third-order valence-corrected chi connectivity index (χ3v) is 2.47. The highest BCUT2D eigenvalue weighted by Gasteiger charge is 2.10. The Balaban J connectivity index is 2.36. The molecule has 100 valence electrons. The van der Waals surface area contributed by atoms with Crippen LogP contribution in [-0.2, 0) is 4.74 Å². The summed E-state index contributed by atoms with van der Waals surface area (Å²) in [5.41, 5.74) is 0.118. The lowest BCUT2D eigenvalue weighted by molar-refractivity contribution is 0.0188. The summed E-state index contributed by atoms with van der Waals surface area (Å²) in [7, 11) is 0. The smallest absolute Gasteiger partial charge is 0.261 e. The largest absolute Gasteiger partial charge is 0.507 e. The zero-order chi connectivity index (χ0) is 13.5. The SMILES string of the molecule is O=C(NCCOCC(F)F)c1ccc(Br)cc1O. The normalized spacial score (nSPS) is 10.7. The first-order valence-electron chi connectivity index (χ1n) is 5.13. The number of nitrogens with one attached hydrogen (secondary N) is 1. The fourth-order valence-electron chi connectivity index (χ4n) is 1.20. The first-order valence-corrected chi connectivity index (χ1v) is 5.92. The average molecular weight is 324 g/mol. The molecule has 18 heavy (non-hydrogen) atoms. The van der Waals surface area contributed by atoms with Crippen LogP contribution in [0.3, 0.4) is 0 Å². The quantitative estimate of drug-likeness (QED) is 0.789. The van der Waals surface area contributed by atoms with E-state index in [2.05, 4.69) is 26.0 Å². The monoisotopic (exact) mass is 323 g/mol. The highest BCUT2D eigenvalue weighted by atomic mass is 79.9. The molecule has 0 radical (unpaired) electrons. The van der Waals surface area contributed by atoms with Crippen molar-refractivity contribution >= 4 is 21.8 Å². The number of carbonyl (C=O) groups excluding carboxylic acids is 1. The van der Waals surface area contributed by atoms with Crippen LogP contribution in [-0.4, -0.2) is 37.2 Å². The molecule has 0 aromatic heterocycles. The van der Waals surface area contributed by atoms with Crippen molar-refractivity contribution in [1.29, 1.82) is 0 Å². The Morgan fingerprint density at radius 2 is 2.22 bits per heavy atom. The number of amides is 1. The summed E-state index contributed by atoms with van der Waals surface area (Å²) in [5.74, 6) is -0.643. The summed E-state index contributed by atoms with van der Waals surface area (Å²) < 4.78 is 28.7. The first-order chi connectivity index (χ1) is 8.50. The van der Waals surface area contributed by atoms with Crippen LogP contribution in [0, 0.1) is 0 Å². The van der Waals surface area contributed by atoms with E-state index in [1.807, 2.05) is 0 Å². The maximum Gasteiger partial charge on any atom is 0.261 e. The topological polar surface area (TPSA) is 58.6 Å². The van der Waals surface area contributed by atoms with Crippen molar-refractivity contribution < 1.29 is 23.4 Å². The van der Waals surface area contributed by atoms with Crippen molar-refractivity contribution in [2.45, 2.75) is 6.43 Å². The van der Waals surface area contributed by atoms with Crippen LogP contribution in [0.4, 0.5) is 8.78 Å². The molecule has 4 nitrogen and oxygen atoms in total. The van der Waals surface area contributed by atoms with Crippen LogP contribution in [0.5, 0.6) is 5.75 Å². The fourth-order valence-corrected chi connectivity index (χ4v) is 1.55. The first kappa shape index (κ1) is 14.8. The Bertz CT molecular complexity index is 415. The van der Waals surface area contributed by atoms with Gasteiger partial charge >= 0.3 is 0 Å². The summed E-state index contributed by atoms with van der Waals surface area (Å²) in [6, 6.07) is 4.46. The number of hydrogen-bond acceptors (Lipinski definition) is 3. The van der Waals surface area contributed by atoms with Crippen molar-refractivity contribution in [3.05, 3.63) is 28.2 Å². The summed E-state index contributed by atoms with van der Waals surface area (Å²) >= 11 is 3.15. The number of alkyl halides is 2. The Morgan fingerprint density at radius 1 is 1.50 bits per heavy atom. The van der Waals surface area contributed by atoms with E-state index in [1.165, 1.54) is 12.1 Å². The molecule has 0 aliphatic heterocycles. The second-order valence-corrected chi connectivity index (χ2v) is 4.30. The highest BCUT2D eigenvalue weighted by Crippen LogP contribution is 2.21. The molecule has 1 aromatic rings. The van der Waals surface area contributed by atoms with E-state index in [0.29, 0.717) is 4.47 Å². The van der Waals surface area contributed by atoms with Gasteiger partial charge in [-0.25, -0.2) is 8.78 Å². The minimum atomic E-state index is -2.52. The van der Waals surface area contributed by atoms with Gasteiger partial charge in [-0.15, -0.1) is 0 Å². The van der Waals surface area contributed by atoms with Gasteiger partial charge < -0.3 is 15.2 Å². The predicted molar refractivity (Wildman–Crippen MR) is 65.0 cm³/mol. The molecule has 0 unspecified atom stereocenters. The summed E-state index contributed by atoms with van der Waals surface area (Å²) in [4.78, 5) is 11.6. The van der Waals surface area contributed by atoms with Crippen LogP contribution in [0.1, 0.15) is 10.4 Å². The maximum atomic E-state index is 11.7. The van der Waals surface area contributed by atoms with E-state index in [4.69, 9.17) is 0 Å². The number of rotatable bonds is 6. The maximum absolute atomic E-state index is 11.7. The second kappa shape index (κ2) is 7.27. The van der Waals surface area contributed by atoms with Crippen molar-refractivity contribution in [2.24, 2.45) is 0 Å². The number of aromatic hydroxyl groups is 1. The van der Waals surface area contributed by atoms with Gasteiger partial charge in [-0.3, -0.25) is 4.79 Å². The highest BCUT2D eigenvalue weighted by molar-refractivity contribution is 9.10. The summed E-state index contributed by atoms with van der Waals surface area (Å²) in [6.07, 6.45) is -2.52. The Morgan fingerprint density at radius 3 is 2.83 bits per heavy atom. The zero-order valence-electron chi connectivity index (χ0n) is 9.33. The van der Waals surface area contributed by atoms with Crippen molar-refractivity contribution in [3.63, 3.8) is 0 Å². The lowest BCUT2D eigenvalue weighted by Gasteiger charge is -2.07. The Labute approximate surface area is 111 Å². The van der Waals surface area contributed by atoms with Gasteiger partial charge in [-0.05, 0) is 18.2 Å². The minimum Gasteiger partial charge on any atom is -0.507 e. The molecule has 0 aliphatic rings. The number of hydrogen-bond donors (Lipinski definition) is 2. The molecule has 2 N–H and O–H groups in total. The Hall–Kier alpha value is -1.21. The number of phenolic OH excluding ortho intramolecular Hbond substituents is 1. The van der Waals surface area contributed by atoms with Crippen molar-refractivity contribution in [1.82, 2.24) is 5.32 Å². The van der Waals surface area contributed by atoms with Gasteiger partial charge in [0.15, 0.2) is 0 Å². The average Bonchev–Trinajstić information content (AvgIpc) is 2.27. The third kappa shape index (κ3) is 4.97. The number of phenols is 1. The van der Waals surface area contributed by atoms with E-state index in [9.17, 15) is 18.7 Å². The van der Waals surface area contributed by atoms with E-state index in [-0.39, 0.29) is 24.5 Å². The minimum absolute atomic E-state index is 0.00658. The second-order valence-electron chi connectivity index (χ2n) is 3.38. The molecular weight excluding hydrogens is 312 g/mol. The standard InChI is InChI=1S/C11H12BrF2NO3/c12-7-1-2-8(9(16)5-7)11(17)15-3-4-18-6-10(13)14/h1-2,5,10,16H,3-4,6H2,(H,15,17). The summed E-state index contributed by atoms with van der Waals surface area (Å²) in [5, 5.41) is 12.0. The van der Waals surface area contributed by atoms with E-state index >= 15 is 0 Å². The van der Waals surface area contributed by atoms with E-state index < -0.39 is 18.9 Å². The van der Waals surface area contributed by atoms with Crippen molar-refractivity contribution in [2.75, 3.05) is 19.8 Å². The molecule has 0 aliphatic carbocycles. The molecule has 0 saturated heterocycles. The summed E-state index contributed by atoms with van der Waals surface area (Å²) in [6.45, 7) is -0.562. The van der Waals surface area contributed by atoms with Gasteiger partial charge in [-0.2, -0.15) is 0 Å². The van der Waals surface area contributed by atoms with Gasteiger partial charge in [-0.1, -0.05) is 15.9 Å². The zero-order valence-corrected chi connectivity index (χ0v) is 10.9. The van der Waals surface area contributed by atoms with Crippen LogP contribution < -0.4 is 5.32 Å². The molecular formula is C11H12BrF2NO3. The predicted octanol–water partition coefficient (Wildman–Crippen LogP) is 2.17. The Kier molecular flexibility index (Phi) is 6.00. The van der Waals surface area contributed by atoms with Gasteiger partial charge in [0.1, 0.15) is 12.4 Å². The molecule has 0 spiro atoms. The third-order valence-electron chi connectivity index (χ3n) is 1.98. The lowest BCUT2D eigenvalue weighted by atomic mass is 10.2. The fraction of sp³-hybridized carbons (Fsp3) is 0.364. The van der Waals surface area contributed by atoms with Gasteiger partial charge in [0.25, 0.3) is 12.3 Å². The number of carbonyl (C=O) groups is 1. The lowest BCUT2D eigenvalue weighted by Crippen LogP contribution is -2.27.